The van der Waals surface area contributed by atoms with Crippen molar-refractivity contribution in [3.8, 4) is 0 Å². The van der Waals surface area contributed by atoms with Crippen LogP contribution in [0.15, 0.2) is 30.5 Å². The van der Waals surface area contributed by atoms with Gasteiger partial charge in [0.25, 0.3) is 0 Å². The second-order valence-corrected chi connectivity index (χ2v) is 8.88. The molecule has 1 unspecified atom stereocenters. The molecule has 2 aromatic rings. The van der Waals surface area contributed by atoms with Gasteiger partial charge in [-0.05, 0) is 43.2 Å². The Morgan fingerprint density at radius 2 is 1.94 bits per heavy atom. The van der Waals surface area contributed by atoms with E-state index in [1.165, 1.54) is 6.92 Å². The quantitative estimate of drug-likeness (QED) is 0.747. The van der Waals surface area contributed by atoms with Crippen LogP contribution >= 0.6 is 0 Å². The highest BCUT2D eigenvalue weighted by atomic mass is 16.2. The number of hydrogen-bond donors (Lipinski definition) is 2. The number of likely N-dealkylation sites (tertiary alicyclic amines) is 2. The summed E-state index contributed by atoms with van der Waals surface area (Å²) >= 11 is 0. The van der Waals surface area contributed by atoms with Gasteiger partial charge < -0.3 is 20.1 Å². The Hall–Kier alpha value is -2.83. The molecular formula is C24H32N4O3. The fourth-order valence-corrected chi connectivity index (χ4v) is 4.89. The van der Waals surface area contributed by atoms with Gasteiger partial charge in [-0.3, -0.25) is 14.4 Å². The molecule has 4 rings (SSSR count). The number of rotatable bonds is 6. The average Bonchev–Trinajstić information content (AvgIpc) is 3.17. The van der Waals surface area contributed by atoms with E-state index in [9.17, 15) is 14.4 Å². The van der Waals surface area contributed by atoms with Crippen LogP contribution in [0.5, 0.6) is 0 Å². The molecule has 2 aliphatic heterocycles. The van der Waals surface area contributed by atoms with Crippen molar-refractivity contribution in [2.75, 3.05) is 26.2 Å². The summed E-state index contributed by atoms with van der Waals surface area (Å²) in [7, 11) is 0. The summed E-state index contributed by atoms with van der Waals surface area (Å²) in [6.45, 7) is 4.49. The summed E-state index contributed by atoms with van der Waals surface area (Å²) in [5.41, 5.74) is 2.06. The van der Waals surface area contributed by atoms with Crippen LogP contribution in [0, 0.1) is 5.92 Å². The molecular weight excluding hydrogens is 392 g/mol. The number of nitrogens with zero attached hydrogens (tertiary/aromatic N) is 2. The molecule has 3 amide bonds. The molecule has 0 bridgehead atoms. The van der Waals surface area contributed by atoms with Gasteiger partial charge in [-0.2, -0.15) is 0 Å². The minimum atomic E-state index is -0.572. The molecule has 0 radical (unpaired) electrons. The zero-order valence-electron chi connectivity index (χ0n) is 18.2. The van der Waals surface area contributed by atoms with E-state index in [-0.39, 0.29) is 17.7 Å². The molecule has 7 heteroatoms. The fourth-order valence-electron chi connectivity index (χ4n) is 4.89. The van der Waals surface area contributed by atoms with Gasteiger partial charge in [-0.25, -0.2) is 0 Å². The van der Waals surface area contributed by atoms with Gasteiger partial charge in [-0.1, -0.05) is 18.2 Å². The highest BCUT2D eigenvalue weighted by Crippen LogP contribution is 2.23. The number of H-pyrrole nitrogens is 1. The second kappa shape index (κ2) is 9.54. The van der Waals surface area contributed by atoms with Gasteiger partial charge in [0.05, 0.1) is 0 Å². The van der Waals surface area contributed by atoms with Gasteiger partial charge in [0.2, 0.25) is 17.7 Å². The molecule has 2 N–H and O–H groups in total. The summed E-state index contributed by atoms with van der Waals surface area (Å²) in [5.74, 6) is 0.498. The number of benzene rings is 1. The van der Waals surface area contributed by atoms with E-state index in [2.05, 4.69) is 10.3 Å². The number of carbonyl (C=O) groups is 3. The Labute approximate surface area is 183 Å². The summed E-state index contributed by atoms with van der Waals surface area (Å²) in [5, 5.41) is 3.94. The van der Waals surface area contributed by atoms with E-state index in [4.69, 9.17) is 0 Å². The molecule has 166 valence electrons. The minimum absolute atomic E-state index is 0.0204. The van der Waals surface area contributed by atoms with Crippen molar-refractivity contribution in [3.05, 3.63) is 36.0 Å². The molecule has 1 aromatic heterocycles. The molecule has 7 nitrogen and oxygen atoms in total. The van der Waals surface area contributed by atoms with E-state index >= 15 is 0 Å². The number of aromatic amines is 1. The SMILES string of the molecule is CC(=O)NC(Cc1c[nH]c2ccccc12)C(=O)N1CCC(CN2CCCCC2=O)CC1. The Morgan fingerprint density at radius 1 is 1.16 bits per heavy atom. The first-order valence-corrected chi connectivity index (χ1v) is 11.4. The zero-order valence-corrected chi connectivity index (χ0v) is 18.2. The molecule has 1 aromatic carbocycles. The number of nitrogens with one attached hydrogen (secondary N) is 2. The molecule has 2 fully saturated rings. The number of piperidine rings is 2. The summed E-state index contributed by atoms with van der Waals surface area (Å²) in [6, 6.07) is 7.42. The predicted molar refractivity (Wildman–Crippen MR) is 119 cm³/mol. The monoisotopic (exact) mass is 424 g/mol. The van der Waals surface area contributed by atoms with E-state index in [0.29, 0.717) is 31.8 Å². The van der Waals surface area contributed by atoms with Crippen molar-refractivity contribution in [1.82, 2.24) is 20.1 Å². The highest BCUT2D eigenvalue weighted by Gasteiger charge is 2.31. The molecule has 0 spiro atoms. The van der Waals surface area contributed by atoms with Crippen LogP contribution < -0.4 is 5.32 Å². The lowest BCUT2D eigenvalue weighted by molar-refractivity contribution is -0.138. The van der Waals surface area contributed by atoms with Crippen molar-refractivity contribution in [1.29, 1.82) is 0 Å². The Kier molecular flexibility index (Phi) is 6.59. The number of amides is 3. The lowest BCUT2D eigenvalue weighted by Crippen LogP contribution is -2.52. The molecule has 3 heterocycles. The lowest BCUT2D eigenvalue weighted by atomic mass is 9.94. The molecule has 0 aliphatic carbocycles. The van der Waals surface area contributed by atoms with Crippen LogP contribution in [0.2, 0.25) is 0 Å². The van der Waals surface area contributed by atoms with E-state index < -0.39 is 6.04 Å². The molecule has 1 atom stereocenters. The van der Waals surface area contributed by atoms with Crippen molar-refractivity contribution >= 4 is 28.6 Å². The maximum absolute atomic E-state index is 13.3. The molecule has 2 saturated heterocycles. The van der Waals surface area contributed by atoms with Crippen LogP contribution in [0.3, 0.4) is 0 Å². The highest BCUT2D eigenvalue weighted by molar-refractivity contribution is 5.89. The van der Waals surface area contributed by atoms with Gasteiger partial charge in [0.15, 0.2) is 0 Å². The molecule has 0 saturated carbocycles. The van der Waals surface area contributed by atoms with Crippen molar-refractivity contribution in [2.24, 2.45) is 5.92 Å². The van der Waals surface area contributed by atoms with Gasteiger partial charge in [0.1, 0.15) is 6.04 Å². The summed E-state index contributed by atoms with van der Waals surface area (Å²) in [4.78, 5) is 44.3. The van der Waals surface area contributed by atoms with Crippen LogP contribution in [-0.2, 0) is 20.8 Å². The summed E-state index contributed by atoms with van der Waals surface area (Å²) < 4.78 is 0. The van der Waals surface area contributed by atoms with Crippen LogP contribution in [-0.4, -0.2) is 64.7 Å². The van der Waals surface area contributed by atoms with Crippen molar-refractivity contribution < 1.29 is 14.4 Å². The average molecular weight is 425 g/mol. The minimum Gasteiger partial charge on any atom is -0.361 e. The van der Waals surface area contributed by atoms with Gasteiger partial charge >= 0.3 is 0 Å². The van der Waals surface area contributed by atoms with Crippen LogP contribution in [0.4, 0.5) is 0 Å². The maximum Gasteiger partial charge on any atom is 0.245 e. The number of carbonyl (C=O) groups excluding carboxylic acids is 3. The number of hydrogen-bond acceptors (Lipinski definition) is 3. The molecule has 2 aliphatic rings. The zero-order chi connectivity index (χ0) is 21.8. The third-order valence-corrected chi connectivity index (χ3v) is 6.60. The van der Waals surface area contributed by atoms with E-state index in [1.807, 2.05) is 40.3 Å². The van der Waals surface area contributed by atoms with Crippen LogP contribution in [0.1, 0.15) is 44.6 Å². The van der Waals surface area contributed by atoms with E-state index in [0.717, 1.165) is 55.2 Å². The summed E-state index contributed by atoms with van der Waals surface area (Å²) in [6.07, 6.45) is 6.95. The second-order valence-electron chi connectivity index (χ2n) is 8.88. The van der Waals surface area contributed by atoms with Gasteiger partial charge in [-0.15, -0.1) is 0 Å². The standard InChI is InChI=1S/C24H32N4O3/c1-17(29)26-22(14-19-15-25-21-7-3-2-6-20(19)21)24(31)27-12-9-18(10-13-27)16-28-11-5-4-8-23(28)30/h2-3,6-7,15,18,22,25H,4-5,8-14,16H2,1H3,(H,26,29). The first kappa shape index (κ1) is 21.4. The largest absolute Gasteiger partial charge is 0.361 e. The number of aromatic nitrogens is 1. The van der Waals surface area contributed by atoms with Crippen molar-refractivity contribution in [3.63, 3.8) is 0 Å². The van der Waals surface area contributed by atoms with Gasteiger partial charge in [0, 0.05) is 63.0 Å². The Balaban J connectivity index is 1.37. The maximum atomic E-state index is 13.3. The normalized spacial score (nSPS) is 18.9. The smallest absolute Gasteiger partial charge is 0.245 e. The van der Waals surface area contributed by atoms with Crippen molar-refractivity contribution in [2.45, 2.75) is 51.5 Å². The Bertz CT molecular complexity index is 945. The Morgan fingerprint density at radius 3 is 2.68 bits per heavy atom. The van der Waals surface area contributed by atoms with E-state index in [1.54, 1.807) is 0 Å². The predicted octanol–water partition coefficient (Wildman–Crippen LogP) is 2.47. The topological polar surface area (TPSA) is 85.5 Å². The lowest BCUT2D eigenvalue weighted by Gasteiger charge is -2.37. The fraction of sp³-hybridized carbons (Fsp3) is 0.542. The van der Waals surface area contributed by atoms with Crippen LogP contribution in [0.25, 0.3) is 10.9 Å². The third-order valence-electron chi connectivity index (χ3n) is 6.60. The molecule has 31 heavy (non-hydrogen) atoms. The number of para-hydroxylation sites is 1. The first-order chi connectivity index (χ1) is 15.0. The third kappa shape index (κ3) is 5.09. The number of fused-ring (bicyclic) bond motifs is 1. The first-order valence-electron chi connectivity index (χ1n) is 11.4.